The summed E-state index contributed by atoms with van der Waals surface area (Å²) in [5.41, 5.74) is 2.86. The summed E-state index contributed by atoms with van der Waals surface area (Å²) >= 11 is 0. The highest BCUT2D eigenvalue weighted by atomic mass is 14.4. The van der Waals surface area contributed by atoms with Crippen molar-refractivity contribution < 1.29 is 0 Å². The smallest absolute Gasteiger partial charge is 0.0666 e. The summed E-state index contributed by atoms with van der Waals surface area (Å²) in [7, 11) is 0. The molecule has 0 aromatic rings. The molecule has 0 aromatic heterocycles. The summed E-state index contributed by atoms with van der Waals surface area (Å²) in [6, 6.07) is 2.22. The van der Waals surface area contributed by atoms with Gasteiger partial charge < -0.3 is 0 Å². The molecule has 0 aliphatic heterocycles. The minimum atomic E-state index is 0.617. The van der Waals surface area contributed by atoms with Crippen LogP contribution in [0.5, 0.6) is 0 Å². The first-order valence-electron chi connectivity index (χ1n) is 4.55. The Morgan fingerprint density at radius 2 is 2.50 bits per heavy atom. The number of hydrogen-bond acceptors (Lipinski definition) is 1. The van der Waals surface area contributed by atoms with Crippen LogP contribution in [-0.2, 0) is 0 Å². The predicted molar refractivity (Wildman–Crippen MR) is 48.3 cm³/mol. The molecule has 1 heteroatoms. The fourth-order valence-corrected chi connectivity index (χ4v) is 2.34. The molecule has 0 aromatic carbocycles. The van der Waals surface area contributed by atoms with Crippen molar-refractivity contribution in [2.45, 2.75) is 26.2 Å². The van der Waals surface area contributed by atoms with Gasteiger partial charge in [-0.2, -0.15) is 5.26 Å². The van der Waals surface area contributed by atoms with Crippen molar-refractivity contribution >= 4 is 0 Å². The molecule has 0 heterocycles. The fourth-order valence-electron chi connectivity index (χ4n) is 2.34. The normalized spacial score (nSPS) is 35.3. The van der Waals surface area contributed by atoms with Crippen LogP contribution in [0.2, 0.25) is 0 Å². The molecule has 0 N–H and O–H groups in total. The van der Waals surface area contributed by atoms with Gasteiger partial charge in [-0.15, -0.1) is 0 Å². The molecule has 1 fully saturated rings. The maximum atomic E-state index is 8.57. The summed E-state index contributed by atoms with van der Waals surface area (Å²) < 4.78 is 0. The zero-order valence-electron chi connectivity index (χ0n) is 7.38. The van der Waals surface area contributed by atoms with Crippen molar-refractivity contribution in [3.05, 3.63) is 23.3 Å². The van der Waals surface area contributed by atoms with E-state index >= 15 is 0 Å². The summed E-state index contributed by atoms with van der Waals surface area (Å²) in [6.45, 7) is 2.10. The molecule has 2 rings (SSSR count). The molecule has 1 saturated carbocycles. The van der Waals surface area contributed by atoms with E-state index in [2.05, 4.69) is 25.1 Å². The topological polar surface area (TPSA) is 23.8 Å². The fraction of sp³-hybridized carbons (Fsp3) is 0.545. The quantitative estimate of drug-likeness (QED) is 0.540. The van der Waals surface area contributed by atoms with Gasteiger partial charge in [0.15, 0.2) is 0 Å². The van der Waals surface area contributed by atoms with E-state index in [4.69, 9.17) is 5.26 Å². The van der Waals surface area contributed by atoms with Gasteiger partial charge in [-0.25, -0.2) is 0 Å². The van der Waals surface area contributed by atoms with Crippen LogP contribution in [0.15, 0.2) is 23.3 Å². The standard InChI is InChI=1S/C11H13N/c1-8(4-5-12)11-7-9-2-3-10(11)6-9/h2-3,9-10H,4,6-7H2,1H3/b11-8-. The first-order chi connectivity index (χ1) is 5.81. The number of nitriles is 1. The van der Waals surface area contributed by atoms with Crippen LogP contribution in [-0.4, -0.2) is 0 Å². The van der Waals surface area contributed by atoms with Gasteiger partial charge in [0, 0.05) is 0 Å². The zero-order valence-corrected chi connectivity index (χ0v) is 7.38. The van der Waals surface area contributed by atoms with E-state index in [0.717, 1.165) is 5.92 Å². The molecule has 2 aliphatic rings. The monoisotopic (exact) mass is 159 g/mol. The van der Waals surface area contributed by atoms with Crippen molar-refractivity contribution in [3.63, 3.8) is 0 Å². The largest absolute Gasteiger partial charge is 0.198 e. The summed E-state index contributed by atoms with van der Waals surface area (Å²) in [4.78, 5) is 0. The Labute approximate surface area is 73.4 Å². The van der Waals surface area contributed by atoms with Gasteiger partial charge in [0.1, 0.15) is 0 Å². The molecular formula is C11H13N. The second kappa shape index (κ2) is 2.79. The Morgan fingerprint density at radius 1 is 1.67 bits per heavy atom. The average Bonchev–Trinajstić information content (AvgIpc) is 2.64. The van der Waals surface area contributed by atoms with E-state index in [1.54, 1.807) is 5.57 Å². The van der Waals surface area contributed by atoms with Gasteiger partial charge in [0.25, 0.3) is 0 Å². The Bertz CT molecular complexity index is 291. The van der Waals surface area contributed by atoms with Gasteiger partial charge >= 0.3 is 0 Å². The average molecular weight is 159 g/mol. The lowest BCUT2D eigenvalue weighted by molar-refractivity contribution is 0.693. The van der Waals surface area contributed by atoms with Gasteiger partial charge in [0.2, 0.25) is 0 Å². The maximum absolute atomic E-state index is 8.57. The van der Waals surface area contributed by atoms with E-state index in [-0.39, 0.29) is 0 Å². The van der Waals surface area contributed by atoms with Gasteiger partial charge in [-0.3, -0.25) is 0 Å². The maximum Gasteiger partial charge on any atom is 0.0666 e. The molecule has 1 nitrogen and oxygen atoms in total. The highest BCUT2D eigenvalue weighted by molar-refractivity contribution is 5.31. The van der Waals surface area contributed by atoms with Gasteiger partial charge in [-0.05, 0) is 31.6 Å². The molecule has 12 heavy (non-hydrogen) atoms. The summed E-state index contributed by atoms with van der Waals surface area (Å²) in [5, 5.41) is 8.57. The second-order valence-corrected chi connectivity index (χ2v) is 3.83. The number of fused-ring (bicyclic) bond motifs is 2. The first-order valence-corrected chi connectivity index (χ1v) is 4.55. The van der Waals surface area contributed by atoms with Crippen LogP contribution in [0, 0.1) is 23.2 Å². The highest BCUT2D eigenvalue weighted by Gasteiger charge is 2.31. The Kier molecular flexibility index (Phi) is 1.77. The summed E-state index contributed by atoms with van der Waals surface area (Å²) in [6.07, 6.45) is 7.78. The van der Waals surface area contributed by atoms with Crippen LogP contribution >= 0.6 is 0 Å². The van der Waals surface area contributed by atoms with E-state index < -0.39 is 0 Å². The zero-order chi connectivity index (χ0) is 8.55. The van der Waals surface area contributed by atoms with E-state index in [1.165, 1.54) is 18.4 Å². The van der Waals surface area contributed by atoms with E-state index in [9.17, 15) is 0 Å². The van der Waals surface area contributed by atoms with E-state index in [0.29, 0.717) is 12.3 Å². The van der Waals surface area contributed by atoms with Crippen molar-refractivity contribution in [3.8, 4) is 6.07 Å². The molecule has 2 bridgehead atoms. The third-order valence-corrected chi connectivity index (χ3v) is 2.99. The molecule has 2 atom stereocenters. The lowest BCUT2D eigenvalue weighted by Crippen LogP contribution is -1.95. The number of allylic oxidation sites excluding steroid dienone is 4. The SMILES string of the molecule is C/C(CC#N)=C1\CC2C=CC1C2. The lowest BCUT2D eigenvalue weighted by atomic mass is 9.95. The van der Waals surface area contributed by atoms with Gasteiger partial charge in [0.05, 0.1) is 12.5 Å². The third kappa shape index (κ3) is 1.08. The molecule has 0 spiro atoms. The molecule has 0 saturated heterocycles. The molecule has 62 valence electrons. The Hall–Kier alpha value is -1.03. The van der Waals surface area contributed by atoms with Crippen LogP contribution in [0.25, 0.3) is 0 Å². The Morgan fingerprint density at radius 3 is 3.00 bits per heavy atom. The predicted octanol–water partition coefficient (Wildman–Crippen LogP) is 2.81. The minimum Gasteiger partial charge on any atom is -0.198 e. The number of hydrogen-bond donors (Lipinski definition) is 0. The summed E-state index contributed by atoms with van der Waals surface area (Å²) in [5.74, 6) is 1.47. The van der Waals surface area contributed by atoms with Crippen molar-refractivity contribution in [2.24, 2.45) is 11.8 Å². The first kappa shape index (κ1) is 7.61. The lowest BCUT2D eigenvalue weighted by Gasteiger charge is -2.10. The Balaban J connectivity index is 2.21. The molecule has 2 unspecified atom stereocenters. The molecule has 0 radical (unpaired) electrons. The second-order valence-electron chi connectivity index (χ2n) is 3.83. The van der Waals surface area contributed by atoms with Crippen LogP contribution in [0.1, 0.15) is 26.2 Å². The van der Waals surface area contributed by atoms with Crippen LogP contribution in [0.3, 0.4) is 0 Å². The molecule has 2 aliphatic carbocycles. The van der Waals surface area contributed by atoms with Gasteiger partial charge in [-0.1, -0.05) is 23.3 Å². The third-order valence-electron chi connectivity index (χ3n) is 2.99. The van der Waals surface area contributed by atoms with Crippen LogP contribution in [0.4, 0.5) is 0 Å². The number of nitrogens with zero attached hydrogens (tertiary/aromatic N) is 1. The van der Waals surface area contributed by atoms with Crippen molar-refractivity contribution in [2.75, 3.05) is 0 Å². The van der Waals surface area contributed by atoms with Crippen LogP contribution < -0.4 is 0 Å². The molecular weight excluding hydrogens is 146 g/mol. The number of rotatable bonds is 1. The van der Waals surface area contributed by atoms with Crippen molar-refractivity contribution in [1.82, 2.24) is 0 Å². The highest BCUT2D eigenvalue weighted by Crippen LogP contribution is 2.44. The van der Waals surface area contributed by atoms with E-state index in [1.807, 2.05) is 0 Å². The van der Waals surface area contributed by atoms with Crippen molar-refractivity contribution in [1.29, 1.82) is 5.26 Å². The minimum absolute atomic E-state index is 0.617. The molecule has 0 amide bonds.